The van der Waals surface area contributed by atoms with Gasteiger partial charge in [-0.25, -0.2) is 0 Å². The van der Waals surface area contributed by atoms with E-state index < -0.39 is 0 Å². The highest BCUT2D eigenvalue weighted by Crippen LogP contribution is 2.26. The Morgan fingerprint density at radius 2 is 1.63 bits per heavy atom. The average Bonchev–Trinajstić information content (AvgIpc) is 2.68. The van der Waals surface area contributed by atoms with Crippen LogP contribution in [0.2, 0.25) is 5.02 Å². The number of aryl methyl sites for hydroxylation is 2. The lowest BCUT2D eigenvalue weighted by Crippen LogP contribution is -2.08. The Kier molecular flexibility index (Phi) is 4.69. The van der Waals surface area contributed by atoms with E-state index in [0.29, 0.717) is 5.02 Å². The fourth-order valence-corrected chi connectivity index (χ4v) is 3.23. The average molecular weight is 375 g/mol. The molecule has 1 N–H and O–H groups in total. The molecule has 0 saturated carbocycles. The van der Waals surface area contributed by atoms with Crippen molar-refractivity contribution in [3.05, 3.63) is 94.3 Å². The first kappa shape index (κ1) is 17.4. The SMILES string of the molecule is Cc1cc(C)c2oc(-c3ccc(Cl)cc3)c/c(=N\Nc3ccccc3)c2c1. The van der Waals surface area contributed by atoms with E-state index >= 15 is 0 Å². The molecule has 0 spiro atoms. The van der Waals surface area contributed by atoms with Crippen LogP contribution >= 0.6 is 11.6 Å². The Morgan fingerprint density at radius 1 is 0.889 bits per heavy atom. The molecule has 1 aromatic heterocycles. The predicted octanol–water partition coefficient (Wildman–Crippen LogP) is 6.30. The number of fused-ring (bicyclic) bond motifs is 1. The van der Waals surface area contributed by atoms with E-state index in [1.54, 1.807) is 0 Å². The van der Waals surface area contributed by atoms with E-state index in [0.717, 1.165) is 38.9 Å². The van der Waals surface area contributed by atoms with Crippen LogP contribution in [0.4, 0.5) is 5.69 Å². The number of hydrogen-bond donors (Lipinski definition) is 1. The summed E-state index contributed by atoms with van der Waals surface area (Å²) in [6, 6.07) is 23.7. The second-order valence-corrected chi connectivity index (χ2v) is 6.99. The molecule has 0 atom stereocenters. The van der Waals surface area contributed by atoms with E-state index in [4.69, 9.17) is 16.0 Å². The Bertz CT molecular complexity index is 1160. The van der Waals surface area contributed by atoms with Crippen molar-refractivity contribution in [2.75, 3.05) is 5.43 Å². The van der Waals surface area contributed by atoms with Crippen molar-refractivity contribution >= 4 is 28.3 Å². The Morgan fingerprint density at radius 3 is 2.37 bits per heavy atom. The lowest BCUT2D eigenvalue weighted by molar-refractivity contribution is 0.615. The molecular weight excluding hydrogens is 356 g/mol. The molecule has 0 aliphatic heterocycles. The van der Waals surface area contributed by atoms with E-state index in [1.807, 2.05) is 60.7 Å². The minimum Gasteiger partial charge on any atom is -0.456 e. The first-order valence-electron chi connectivity index (χ1n) is 8.76. The topological polar surface area (TPSA) is 37.5 Å². The minimum absolute atomic E-state index is 0.696. The quantitative estimate of drug-likeness (QED) is 0.427. The van der Waals surface area contributed by atoms with Gasteiger partial charge in [0.15, 0.2) is 0 Å². The number of anilines is 1. The van der Waals surface area contributed by atoms with Crippen molar-refractivity contribution in [2.24, 2.45) is 5.10 Å². The zero-order valence-corrected chi connectivity index (χ0v) is 15.9. The molecule has 0 aliphatic rings. The number of benzene rings is 3. The number of halogens is 1. The van der Waals surface area contributed by atoms with E-state index in [9.17, 15) is 0 Å². The summed E-state index contributed by atoms with van der Waals surface area (Å²) in [7, 11) is 0. The Labute approximate surface area is 162 Å². The maximum atomic E-state index is 6.24. The van der Waals surface area contributed by atoms with E-state index in [1.165, 1.54) is 5.56 Å². The van der Waals surface area contributed by atoms with Crippen molar-refractivity contribution < 1.29 is 4.42 Å². The fraction of sp³-hybridized carbons (Fsp3) is 0.0870. The second kappa shape index (κ2) is 7.29. The molecule has 3 aromatic carbocycles. The Balaban J connectivity index is 1.93. The summed E-state index contributed by atoms with van der Waals surface area (Å²) >= 11 is 6.03. The van der Waals surface area contributed by atoms with Crippen molar-refractivity contribution in [2.45, 2.75) is 13.8 Å². The van der Waals surface area contributed by atoms with Crippen LogP contribution in [0.25, 0.3) is 22.3 Å². The van der Waals surface area contributed by atoms with Crippen molar-refractivity contribution in [1.29, 1.82) is 0 Å². The van der Waals surface area contributed by atoms with Gasteiger partial charge < -0.3 is 4.42 Å². The number of nitrogens with one attached hydrogen (secondary N) is 1. The molecule has 4 rings (SSSR count). The van der Waals surface area contributed by atoms with Gasteiger partial charge in [0.25, 0.3) is 0 Å². The smallest absolute Gasteiger partial charge is 0.139 e. The van der Waals surface area contributed by atoms with Crippen molar-refractivity contribution in [3.8, 4) is 11.3 Å². The Hall–Kier alpha value is -3.04. The second-order valence-electron chi connectivity index (χ2n) is 6.55. The van der Waals surface area contributed by atoms with Crippen LogP contribution in [0.3, 0.4) is 0 Å². The van der Waals surface area contributed by atoms with Crippen molar-refractivity contribution in [3.63, 3.8) is 0 Å². The summed E-state index contributed by atoms with van der Waals surface area (Å²) < 4.78 is 6.24. The van der Waals surface area contributed by atoms with Crippen LogP contribution in [-0.4, -0.2) is 0 Å². The summed E-state index contributed by atoms with van der Waals surface area (Å²) in [5.41, 5.74) is 8.12. The maximum absolute atomic E-state index is 6.24. The normalized spacial score (nSPS) is 11.7. The standard InChI is InChI=1S/C23H19ClN2O/c1-15-12-16(2)23-20(13-15)21(26-25-19-6-4-3-5-7-19)14-22(27-23)17-8-10-18(24)11-9-17/h3-14,25H,1-2H3/b26-21+. The molecule has 3 nitrogen and oxygen atoms in total. The zero-order valence-electron chi connectivity index (χ0n) is 15.2. The van der Waals surface area contributed by atoms with Crippen molar-refractivity contribution in [1.82, 2.24) is 0 Å². The van der Waals surface area contributed by atoms with Crippen LogP contribution in [0, 0.1) is 13.8 Å². The number of hydrogen-bond acceptors (Lipinski definition) is 3. The van der Waals surface area contributed by atoms with E-state index in [2.05, 4.69) is 36.5 Å². The summed E-state index contributed by atoms with van der Waals surface area (Å²) in [6.07, 6.45) is 0. The van der Waals surface area contributed by atoms with Gasteiger partial charge in [-0.2, -0.15) is 5.10 Å². The third kappa shape index (κ3) is 3.74. The predicted molar refractivity (Wildman–Crippen MR) is 112 cm³/mol. The maximum Gasteiger partial charge on any atom is 0.139 e. The molecule has 0 aliphatic carbocycles. The molecule has 27 heavy (non-hydrogen) atoms. The minimum atomic E-state index is 0.696. The molecule has 4 heteroatoms. The van der Waals surface area contributed by atoms with Gasteiger partial charge in [-0.3, -0.25) is 5.43 Å². The summed E-state index contributed by atoms with van der Waals surface area (Å²) in [5.74, 6) is 0.750. The van der Waals surface area contributed by atoms with Crippen LogP contribution in [0.5, 0.6) is 0 Å². The third-order valence-electron chi connectivity index (χ3n) is 4.38. The van der Waals surface area contributed by atoms with Gasteiger partial charge >= 0.3 is 0 Å². The summed E-state index contributed by atoms with van der Waals surface area (Å²) in [5, 5.41) is 7.16. The molecule has 134 valence electrons. The van der Waals surface area contributed by atoms with Gasteiger partial charge in [0.1, 0.15) is 11.3 Å². The highest BCUT2D eigenvalue weighted by Gasteiger charge is 2.09. The molecule has 4 aromatic rings. The molecule has 0 fully saturated rings. The molecule has 0 radical (unpaired) electrons. The van der Waals surface area contributed by atoms with Gasteiger partial charge in [-0.15, -0.1) is 0 Å². The molecule has 0 bridgehead atoms. The molecule has 0 unspecified atom stereocenters. The summed E-state index contributed by atoms with van der Waals surface area (Å²) in [6.45, 7) is 4.13. The lowest BCUT2D eigenvalue weighted by atomic mass is 10.1. The largest absolute Gasteiger partial charge is 0.456 e. The highest BCUT2D eigenvalue weighted by molar-refractivity contribution is 6.30. The molecular formula is C23H19ClN2O. The van der Waals surface area contributed by atoms with Crippen LogP contribution in [0.1, 0.15) is 11.1 Å². The van der Waals surface area contributed by atoms with Gasteiger partial charge in [0.05, 0.1) is 11.0 Å². The molecule has 0 saturated heterocycles. The number of rotatable bonds is 3. The lowest BCUT2D eigenvalue weighted by Gasteiger charge is -2.09. The highest BCUT2D eigenvalue weighted by atomic mass is 35.5. The van der Waals surface area contributed by atoms with Gasteiger partial charge in [0, 0.05) is 22.0 Å². The number of nitrogens with zero attached hydrogens (tertiary/aromatic N) is 1. The summed E-state index contributed by atoms with van der Waals surface area (Å²) in [4.78, 5) is 0. The molecule has 0 amide bonds. The third-order valence-corrected chi connectivity index (χ3v) is 4.63. The first-order chi connectivity index (χ1) is 13.1. The van der Waals surface area contributed by atoms with Crippen LogP contribution in [0.15, 0.2) is 82.3 Å². The fourth-order valence-electron chi connectivity index (χ4n) is 3.11. The number of para-hydroxylation sites is 1. The monoisotopic (exact) mass is 374 g/mol. The van der Waals surface area contributed by atoms with Crippen LogP contribution in [-0.2, 0) is 0 Å². The van der Waals surface area contributed by atoms with Gasteiger partial charge in [-0.1, -0.05) is 35.9 Å². The zero-order chi connectivity index (χ0) is 18.8. The van der Waals surface area contributed by atoms with Gasteiger partial charge in [0.2, 0.25) is 0 Å². The van der Waals surface area contributed by atoms with E-state index in [-0.39, 0.29) is 0 Å². The first-order valence-corrected chi connectivity index (χ1v) is 9.14. The molecule has 1 heterocycles. The van der Waals surface area contributed by atoms with Gasteiger partial charge in [-0.05, 0) is 67.4 Å². The van der Waals surface area contributed by atoms with Crippen LogP contribution < -0.4 is 10.8 Å².